The quantitative estimate of drug-likeness (QED) is 0.863. The lowest BCUT2D eigenvalue weighted by Crippen LogP contribution is -2.34. The Morgan fingerprint density at radius 3 is 2.79 bits per heavy atom. The molecule has 2 aromatic rings. The molecule has 0 bridgehead atoms. The highest BCUT2D eigenvalue weighted by atomic mass is 16.2. The lowest BCUT2D eigenvalue weighted by molar-refractivity contribution is 0.0934. The van der Waals surface area contributed by atoms with Gasteiger partial charge in [0, 0.05) is 23.9 Å². The van der Waals surface area contributed by atoms with Crippen LogP contribution in [0.3, 0.4) is 0 Å². The van der Waals surface area contributed by atoms with Crippen LogP contribution in [0.25, 0.3) is 0 Å². The fourth-order valence-corrected chi connectivity index (χ4v) is 1.87. The third kappa shape index (κ3) is 3.37. The minimum Gasteiger partial charge on any atom is -0.348 e. The summed E-state index contributed by atoms with van der Waals surface area (Å²) in [6.45, 7) is 5.63. The number of rotatable bonds is 4. The van der Waals surface area contributed by atoms with E-state index in [-0.39, 0.29) is 11.9 Å². The molecule has 2 aromatic heterocycles. The van der Waals surface area contributed by atoms with E-state index in [4.69, 9.17) is 0 Å². The van der Waals surface area contributed by atoms with Crippen LogP contribution < -0.4 is 5.32 Å². The van der Waals surface area contributed by atoms with Gasteiger partial charge in [-0.2, -0.15) is 15.4 Å². The van der Waals surface area contributed by atoms with Crippen LogP contribution in [0.5, 0.6) is 0 Å². The van der Waals surface area contributed by atoms with Crippen LogP contribution in [0.4, 0.5) is 0 Å². The number of aromatic amines is 1. The summed E-state index contributed by atoms with van der Waals surface area (Å²) in [6, 6.07) is 5.86. The van der Waals surface area contributed by atoms with Crippen molar-refractivity contribution in [2.45, 2.75) is 33.2 Å². The van der Waals surface area contributed by atoms with E-state index in [2.05, 4.69) is 25.7 Å². The highest BCUT2D eigenvalue weighted by Crippen LogP contribution is 2.04. The fourth-order valence-electron chi connectivity index (χ4n) is 1.87. The molecule has 2 N–H and O–H groups in total. The molecule has 100 valence electrons. The first kappa shape index (κ1) is 13.2. The molecule has 0 saturated heterocycles. The standard InChI is InChI=1S/C13H17N5O/c1-8-5-4-6-11(14-8)7-9(2)15-13(19)12-10(3)16-18-17-12/h4-6,9H,7H2,1-3H3,(H,15,19)(H,16,17,18)/t9-/m0/s1. The van der Waals surface area contributed by atoms with Gasteiger partial charge in [0.25, 0.3) is 5.91 Å². The van der Waals surface area contributed by atoms with Crippen molar-refractivity contribution in [3.8, 4) is 0 Å². The number of nitrogens with zero attached hydrogens (tertiary/aromatic N) is 3. The summed E-state index contributed by atoms with van der Waals surface area (Å²) in [5.41, 5.74) is 2.87. The van der Waals surface area contributed by atoms with Gasteiger partial charge in [0.1, 0.15) is 0 Å². The van der Waals surface area contributed by atoms with Crippen molar-refractivity contribution < 1.29 is 4.79 Å². The van der Waals surface area contributed by atoms with Gasteiger partial charge in [0.2, 0.25) is 0 Å². The predicted molar refractivity (Wildman–Crippen MR) is 70.7 cm³/mol. The third-order valence-corrected chi connectivity index (χ3v) is 2.78. The van der Waals surface area contributed by atoms with Crippen molar-refractivity contribution >= 4 is 5.91 Å². The Morgan fingerprint density at radius 2 is 2.16 bits per heavy atom. The van der Waals surface area contributed by atoms with E-state index in [9.17, 15) is 4.79 Å². The van der Waals surface area contributed by atoms with Gasteiger partial charge < -0.3 is 5.32 Å². The van der Waals surface area contributed by atoms with Gasteiger partial charge in [-0.15, -0.1) is 0 Å². The van der Waals surface area contributed by atoms with Gasteiger partial charge in [0.15, 0.2) is 5.69 Å². The van der Waals surface area contributed by atoms with Crippen LogP contribution in [0.1, 0.15) is 34.5 Å². The van der Waals surface area contributed by atoms with Crippen LogP contribution in [0, 0.1) is 13.8 Å². The zero-order valence-electron chi connectivity index (χ0n) is 11.3. The summed E-state index contributed by atoms with van der Waals surface area (Å²) < 4.78 is 0. The van der Waals surface area contributed by atoms with Gasteiger partial charge in [0.05, 0.1) is 5.69 Å². The second kappa shape index (κ2) is 5.60. The van der Waals surface area contributed by atoms with Crippen molar-refractivity contribution in [1.29, 1.82) is 0 Å². The first-order valence-electron chi connectivity index (χ1n) is 6.17. The van der Waals surface area contributed by atoms with E-state index in [0.717, 1.165) is 11.4 Å². The van der Waals surface area contributed by atoms with Crippen molar-refractivity contribution in [3.05, 3.63) is 41.0 Å². The highest BCUT2D eigenvalue weighted by molar-refractivity contribution is 5.93. The maximum atomic E-state index is 11.9. The molecule has 0 aliphatic carbocycles. The summed E-state index contributed by atoms with van der Waals surface area (Å²) in [7, 11) is 0. The summed E-state index contributed by atoms with van der Waals surface area (Å²) in [5, 5.41) is 13.0. The van der Waals surface area contributed by atoms with Crippen molar-refractivity contribution in [2.75, 3.05) is 0 Å². The topological polar surface area (TPSA) is 83.6 Å². The Labute approximate surface area is 111 Å². The monoisotopic (exact) mass is 259 g/mol. The van der Waals surface area contributed by atoms with E-state index in [1.165, 1.54) is 0 Å². The number of pyridine rings is 1. The van der Waals surface area contributed by atoms with Gasteiger partial charge in [-0.1, -0.05) is 6.07 Å². The molecule has 19 heavy (non-hydrogen) atoms. The van der Waals surface area contributed by atoms with Gasteiger partial charge >= 0.3 is 0 Å². The predicted octanol–water partition coefficient (Wildman–Crippen LogP) is 1.18. The van der Waals surface area contributed by atoms with Crippen LogP contribution in [0.2, 0.25) is 0 Å². The molecule has 2 heterocycles. The number of carbonyl (C=O) groups excluding carboxylic acids is 1. The molecule has 0 saturated carbocycles. The van der Waals surface area contributed by atoms with E-state index in [0.29, 0.717) is 17.8 Å². The lowest BCUT2D eigenvalue weighted by Gasteiger charge is -2.12. The molecule has 0 spiro atoms. The summed E-state index contributed by atoms with van der Waals surface area (Å²) in [4.78, 5) is 16.4. The Morgan fingerprint density at radius 1 is 1.37 bits per heavy atom. The zero-order chi connectivity index (χ0) is 13.8. The largest absolute Gasteiger partial charge is 0.348 e. The summed E-state index contributed by atoms with van der Waals surface area (Å²) >= 11 is 0. The highest BCUT2D eigenvalue weighted by Gasteiger charge is 2.15. The van der Waals surface area contributed by atoms with E-state index < -0.39 is 0 Å². The minimum absolute atomic E-state index is 0.0158. The number of H-pyrrole nitrogens is 1. The van der Waals surface area contributed by atoms with Crippen molar-refractivity contribution in [2.24, 2.45) is 0 Å². The first-order chi connectivity index (χ1) is 9.06. The Kier molecular flexibility index (Phi) is 3.89. The molecule has 0 fully saturated rings. The Bertz CT molecular complexity index is 578. The normalized spacial score (nSPS) is 12.2. The van der Waals surface area contributed by atoms with Crippen LogP contribution >= 0.6 is 0 Å². The fraction of sp³-hybridized carbons (Fsp3) is 0.385. The zero-order valence-corrected chi connectivity index (χ0v) is 11.3. The molecule has 6 nitrogen and oxygen atoms in total. The maximum Gasteiger partial charge on any atom is 0.273 e. The van der Waals surface area contributed by atoms with Gasteiger partial charge in [-0.3, -0.25) is 9.78 Å². The molecule has 1 amide bonds. The number of hydrogen-bond acceptors (Lipinski definition) is 4. The molecule has 0 aliphatic heterocycles. The first-order valence-corrected chi connectivity index (χ1v) is 6.17. The molecule has 0 unspecified atom stereocenters. The Balaban J connectivity index is 1.96. The number of amides is 1. The SMILES string of the molecule is Cc1cccc(C[C@H](C)NC(=O)c2n[nH]nc2C)n1. The van der Waals surface area contributed by atoms with Gasteiger partial charge in [-0.05, 0) is 32.9 Å². The number of hydrogen-bond donors (Lipinski definition) is 2. The smallest absolute Gasteiger partial charge is 0.273 e. The second-order valence-corrected chi connectivity index (χ2v) is 4.61. The molecule has 6 heteroatoms. The van der Waals surface area contributed by atoms with Crippen molar-refractivity contribution in [3.63, 3.8) is 0 Å². The molecule has 1 atom stereocenters. The van der Waals surface area contributed by atoms with Crippen LogP contribution in [-0.4, -0.2) is 32.3 Å². The molecular formula is C13H17N5O. The number of carbonyl (C=O) groups is 1. The number of aromatic nitrogens is 4. The number of nitrogens with one attached hydrogen (secondary N) is 2. The molecule has 2 rings (SSSR count). The van der Waals surface area contributed by atoms with Crippen molar-refractivity contribution in [1.82, 2.24) is 25.7 Å². The molecule has 0 aromatic carbocycles. The van der Waals surface area contributed by atoms with Crippen LogP contribution in [-0.2, 0) is 6.42 Å². The summed E-state index contributed by atoms with van der Waals surface area (Å²) in [6.07, 6.45) is 0.685. The van der Waals surface area contributed by atoms with Gasteiger partial charge in [-0.25, -0.2) is 0 Å². The average molecular weight is 259 g/mol. The Hall–Kier alpha value is -2.24. The summed E-state index contributed by atoms with van der Waals surface area (Å²) in [5.74, 6) is -0.216. The molecule has 0 radical (unpaired) electrons. The molecular weight excluding hydrogens is 242 g/mol. The third-order valence-electron chi connectivity index (χ3n) is 2.78. The van der Waals surface area contributed by atoms with Crippen LogP contribution in [0.15, 0.2) is 18.2 Å². The molecule has 0 aliphatic rings. The lowest BCUT2D eigenvalue weighted by atomic mass is 10.1. The van der Waals surface area contributed by atoms with E-state index >= 15 is 0 Å². The maximum absolute atomic E-state index is 11.9. The number of aryl methyl sites for hydroxylation is 2. The average Bonchev–Trinajstić information content (AvgIpc) is 2.75. The second-order valence-electron chi connectivity index (χ2n) is 4.61. The van der Waals surface area contributed by atoms with E-state index in [1.54, 1.807) is 6.92 Å². The minimum atomic E-state index is -0.216. The van der Waals surface area contributed by atoms with E-state index in [1.807, 2.05) is 32.0 Å².